The summed E-state index contributed by atoms with van der Waals surface area (Å²) in [6, 6.07) is 5.27. The Balaban J connectivity index is 2.52. The van der Waals surface area contributed by atoms with E-state index < -0.39 is 10.0 Å². The van der Waals surface area contributed by atoms with Crippen LogP contribution >= 0.6 is 0 Å². The summed E-state index contributed by atoms with van der Waals surface area (Å²) in [4.78, 5) is 3.87. The van der Waals surface area contributed by atoms with Gasteiger partial charge in [-0.1, -0.05) is 6.92 Å². The van der Waals surface area contributed by atoms with E-state index in [0.29, 0.717) is 12.8 Å². The van der Waals surface area contributed by atoms with Crippen LogP contribution in [0, 0.1) is 11.3 Å². The summed E-state index contributed by atoms with van der Waals surface area (Å²) in [7, 11) is -3.33. The molecular formula is C12H17N3O2S. The number of hydrogen-bond acceptors (Lipinski definition) is 4. The fourth-order valence-corrected chi connectivity index (χ4v) is 2.87. The van der Waals surface area contributed by atoms with Crippen LogP contribution in [0.3, 0.4) is 0 Å². The lowest BCUT2D eigenvalue weighted by Gasteiger charge is -2.13. The maximum Gasteiger partial charge on any atom is 0.212 e. The van der Waals surface area contributed by atoms with E-state index >= 15 is 0 Å². The molecule has 1 N–H and O–H groups in total. The summed E-state index contributed by atoms with van der Waals surface area (Å²) < 4.78 is 26.2. The summed E-state index contributed by atoms with van der Waals surface area (Å²) in [5, 5.41) is 8.58. The maximum absolute atomic E-state index is 11.8. The number of nitrogens with one attached hydrogen (secondary N) is 1. The number of aromatic nitrogens is 1. The Bertz CT molecular complexity index is 494. The summed E-state index contributed by atoms with van der Waals surface area (Å²) in [6.07, 6.45) is 4.54. The predicted octanol–water partition coefficient (Wildman–Crippen LogP) is 1.24. The van der Waals surface area contributed by atoms with Crippen LogP contribution in [0.25, 0.3) is 0 Å². The largest absolute Gasteiger partial charge is 0.265 e. The summed E-state index contributed by atoms with van der Waals surface area (Å²) >= 11 is 0. The molecule has 18 heavy (non-hydrogen) atoms. The van der Waals surface area contributed by atoms with Crippen molar-refractivity contribution in [1.82, 2.24) is 9.71 Å². The first-order valence-corrected chi connectivity index (χ1v) is 7.48. The first-order valence-electron chi connectivity index (χ1n) is 5.83. The van der Waals surface area contributed by atoms with Gasteiger partial charge in [0.15, 0.2) is 0 Å². The molecule has 0 aliphatic rings. The summed E-state index contributed by atoms with van der Waals surface area (Å²) in [5.74, 6) is 0.0267. The zero-order chi connectivity index (χ0) is 13.4. The molecule has 0 fully saturated rings. The van der Waals surface area contributed by atoms with Crippen molar-refractivity contribution in [1.29, 1.82) is 5.26 Å². The highest BCUT2D eigenvalue weighted by molar-refractivity contribution is 7.89. The fourth-order valence-electron chi connectivity index (χ4n) is 1.49. The molecule has 5 nitrogen and oxygen atoms in total. The van der Waals surface area contributed by atoms with Crippen molar-refractivity contribution in [2.24, 2.45) is 0 Å². The second-order valence-electron chi connectivity index (χ2n) is 4.01. The number of hydrogen-bond donors (Lipinski definition) is 1. The van der Waals surface area contributed by atoms with E-state index in [1.165, 1.54) is 0 Å². The highest BCUT2D eigenvalue weighted by Crippen LogP contribution is 2.03. The Labute approximate surface area is 108 Å². The van der Waals surface area contributed by atoms with Gasteiger partial charge in [0.2, 0.25) is 10.0 Å². The number of aryl methyl sites for hydroxylation is 1. The van der Waals surface area contributed by atoms with Crippen molar-refractivity contribution in [2.45, 2.75) is 32.2 Å². The zero-order valence-corrected chi connectivity index (χ0v) is 11.2. The van der Waals surface area contributed by atoms with Crippen LogP contribution in [0.2, 0.25) is 0 Å². The summed E-state index contributed by atoms with van der Waals surface area (Å²) in [6.45, 7) is 1.85. The standard InChI is InChI=1S/C12H17N3O2S/c1-2-12(3-7-13)15-18(16,17)10-6-11-4-8-14-9-5-11/h4-5,8-9,12,15H,2-3,6,10H2,1H3. The van der Waals surface area contributed by atoms with Gasteiger partial charge < -0.3 is 0 Å². The zero-order valence-electron chi connectivity index (χ0n) is 10.3. The third kappa shape index (κ3) is 5.25. The average molecular weight is 267 g/mol. The van der Waals surface area contributed by atoms with Gasteiger partial charge in [0, 0.05) is 18.4 Å². The number of nitrogens with zero attached hydrogens (tertiary/aromatic N) is 2. The van der Waals surface area contributed by atoms with E-state index in [-0.39, 0.29) is 18.2 Å². The van der Waals surface area contributed by atoms with Gasteiger partial charge in [0.1, 0.15) is 0 Å². The molecule has 1 heterocycles. The minimum absolute atomic E-state index is 0.0267. The lowest BCUT2D eigenvalue weighted by Crippen LogP contribution is -2.36. The molecule has 0 amide bonds. The van der Waals surface area contributed by atoms with E-state index in [9.17, 15) is 8.42 Å². The second kappa shape index (κ2) is 7.09. The van der Waals surface area contributed by atoms with Crippen molar-refractivity contribution in [3.63, 3.8) is 0 Å². The molecular weight excluding hydrogens is 250 g/mol. The third-order valence-corrected chi connectivity index (χ3v) is 4.02. The lowest BCUT2D eigenvalue weighted by molar-refractivity contribution is 0.542. The predicted molar refractivity (Wildman–Crippen MR) is 69.2 cm³/mol. The lowest BCUT2D eigenvalue weighted by atomic mass is 10.2. The molecule has 0 aromatic carbocycles. The van der Waals surface area contributed by atoms with Crippen LogP contribution < -0.4 is 4.72 Å². The fraction of sp³-hybridized carbons (Fsp3) is 0.500. The van der Waals surface area contributed by atoms with Crippen LogP contribution in [0.4, 0.5) is 0 Å². The molecule has 1 unspecified atom stereocenters. The Morgan fingerprint density at radius 2 is 2.11 bits per heavy atom. The number of pyridine rings is 1. The van der Waals surface area contributed by atoms with E-state index in [0.717, 1.165) is 5.56 Å². The van der Waals surface area contributed by atoms with E-state index in [1.54, 1.807) is 24.5 Å². The normalized spacial score (nSPS) is 12.9. The highest BCUT2D eigenvalue weighted by Gasteiger charge is 2.16. The van der Waals surface area contributed by atoms with Crippen molar-refractivity contribution < 1.29 is 8.42 Å². The van der Waals surface area contributed by atoms with Crippen LogP contribution in [0.1, 0.15) is 25.3 Å². The quantitative estimate of drug-likeness (QED) is 0.805. The summed E-state index contributed by atoms with van der Waals surface area (Å²) in [5.41, 5.74) is 0.934. The molecule has 0 bridgehead atoms. The molecule has 1 aromatic rings. The van der Waals surface area contributed by atoms with Gasteiger partial charge in [0.25, 0.3) is 0 Å². The van der Waals surface area contributed by atoms with Gasteiger partial charge in [-0.15, -0.1) is 0 Å². The van der Waals surface area contributed by atoms with Crippen molar-refractivity contribution >= 4 is 10.0 Å². The number of sulfonamides is 1. The van der Waals surface area contributed by atoms with Gasteiger partial charge in [-0.05, 0) is 30.5 Å². The van der Waals surface area contributed by atoms with Gasteiger partial charge in [-0.3, -0.25) is 4.98 Å². The molecule has 0 aliphatic heterocycles. The van der Waals surface area contributed by atoms with Gasteiger partial charge >= 0.3 is 0 Å². The Kier molecular flexibility index (Phi) is 5.75. The Morgan fingerprint density at radius 1 is 1.44 bits per heavy atom. The minimum Gasteiger partial charge on any atom is -0.265 e. The molecule has 98 valence electrons. The molecule has 1 aromatic heterocycles. The van der Waals surface area contributed by atoms with Gasteiger partial charge in [-0.25, -0.2) is 13.1 Å². The first kappa shape index (κ1) is 14.6. The number of rotatable bonds is 7. The topological polar surface area (TPSA) is 82.9 Å². The maximum atomic E-state index is 11.8. The second-order valence-corrected chi connectivity index (χ2v) is 5.88. The molecule has 0 saturated heterocycles. The molecule has 1 rings (SSSR count). The molecule has 6 heteroatoms. The van der Waals surface area contributed by atoms with Gasteiger partial charge in [0.05, 0.1) is 18.2 Å². The average Bonchev–Trinajstić information content (AvgIpc) is 2.37. The highest BCUT2D eigenvalue weighted by atomic mass is 32.2. The number of nitriles is 1. The Morgan fingerprint density at radius 3 is 2.67 bits per heavy atom. The van der Waals surface area contributed by atoms with Crippen LogP contribution in [0.5, 0.6) is 0 Å². The van der Waals surface area contributed by atoms with Crippen LogP contribution in [0.15, 0.2) is 24.5 Å². The van der Waals surface area contributed by atoms with Crippen molar-refractivity contribution in [2.75, 3.05) is 5.75 Å². The van der Waals surface area contributed by atoms with E-state index in [4.69, 9.17) is 5.26 Å². The monoisotopic (exact) mass is 267 g/mol. The Hall–Kier alpha value is -1.45. The van der Waals surface area contributed by atoms with Crippen molar-refractivity contribution in [3.8, 4) is 6.07 Å². The smallest absolute Gasteiger partial charge is 0.212 e. The molecule has 0 spiro atoms. The molecule has 1 atom stereocenters. The van der Waals surface area contributed by atoms with Crippen molar-refractivity contribution in [3.05, 3.63) is 30.1 Å². The minimum atomic E-state index is -3.33. The molecule has 0 saturated carbocycles. The van der Waals surface area contributed by atoms with E-state index in [1.807, 2.05) is 13.0 Å². The molecule has 0 aliphatic carbocycles. The van der Waals surface area contributed by atoms with E-state index in [2.05, 4.69) is 9.71 Å². The third-order valence-electron chi connectivity index (χ3n) is 2.59. The van der Waals surface area contributed by atoms with Crippen LogP contribution in [-0.2, 0) is 16.4 Å². The first-order chi connectivity index (χ1) is 8.57. The SMILES string of the molecule is CCC(CC#N)NS(=O)(=O)CCc1ccncc1. The molecule has 0 radical (unpaired) electrons. The van der Waals surface area contributed by atoms with Crippen LogP contribution in [-0.4, -0.2) is 25.2 Å². The van der Waals surface area contributed by atoms with Gasteiger partial charge in [-0.2, -0.15) is 5.26 Å².